The molecule has 0 aliphatic rings. The lowest BCUT2D eigenvalue weighted by Gasteiger charge is -2.30. The Morgan fingerprint density at radius 2 is 1.87 bits per heavy atom. The molecule has 2 nitrogen and oxygen atoms in total. The van der Waals surface area contributed by atoms with Gasteiger partial charge in [0.15, 0.2) is 0 Å². The summed E-state index contributed by atoms with van der Waals surface area (Å²) in [6, 6.07) is 0. The van der Waals surface area contributed by atoms with Gasteiger partial charge >= 0.3 is 0 Å². The largest absolute Gasteiger partial charge is 0.389 e. The summed E-state index contributed by atoms with van der Waals surface area (Å²) < 4.78 is 0. The lowest BCUT2D eigenvalue weighted by atomic mass is 9.83. The Balaban J connectivity index is 4.09. The predicted molar refractivity (Wildman–Crippen MR) is 66.8 cm³/mol. The Kier molecular flexibility index (Phi) is 8.07. The average molecular weight is 215 g/mol. The van der Waals surface area contributed by atoms with Gasteiger partial charge in [0, 0.05) is 6.54 Å². The van der Waals surface area contributed by atoms with Crippen molar-refractivity contribution in [1.82, 2.24) is 0 Å². The van der Waals surface area contributed by atoms with Crippen LogP contribution in [-0.4, -0.2) is 17.3 Å². The van der Waals surface area contributed by atoms with Gasteiger partial charge in [-0.3, -0.25) is 0 Å². The molecule has 0 heterocycles. The molecular formula is C13H29NO. The lowest BCUT2D eigenvalue weighted by Crippen LogP contribution is -2.39. The van der Waals surface area contributed by atoms with Gasteiger partial charge in [-0.2, -0.15) is 0 Å². The maximum atomic E-state index is 10.3. The van der Waals surface area contributed by atoms with Crippen molar-refractivity contribution >= 4 is 0 Å². The van der Waals surface area contributed by atoms with Crippen LogP contribution in [0.4, 0.5) is 0 Å². The topological polar surface area (TPSA) is 46.2 Å². The molecule has 0 rings (SSSR count). The first kappa shape index (κ1) is 14.9. The highest BCUT2D eigenvalue weighted by atomic mass is 16.3. The number of hydrogen-bond acceptors (Lipinski definition) is 2. The summed E-state index contributed by atoms with van der Waals surface area (Å²) in [7, 11) is 0. The summed E-state index contributed by atoms with van der Waals surface area (Å²) in [6.45, 7) is 6.94. The third-order valence-electron chi connectivity index (χ3n) is 3.31. The number of unbranched alkanes of at least 4 members (excludes halogenated alkanes) is 1. The first-order chi connectivity index (χ1) is 7.11. The van der Waals surface area contributed by atoms with Gasteiger partial charge in [-0.1, -0.05) is 52.9 Å². The molecule has 15 heavy (non-hydrogen) atoms. The normalized spacial score (nSPS) is 17.4. The van der Waals surface area contributed by atoms with Crippen molar-refractivity contribution in [3.8, 4) is 0 Å². The van der Waals surface area contributed by atoms with Crippen LogP contribution in [0.5, 0.6) is 0 Å². The molecule has 2 atom stereocenters. The summed E-state index contributed by atoms with van der Waals surface area (Å²) in [5.74, 6) is 0.644. The molecule has 0 fully saturated rings. The Hall–Kier alpha value is -0.0800. The van der Waals surface area contributed by atoms with Crippen LogP contribution in [0, 0.1) is 5.92 Å². The fourth-order valence-corrected chi connectivity index (χ4v) is 2.23. The molecule has 92 valence electrons. The van der Waals surface area contributed by atoms with Crippen molar-refractivity contribution in [2.45, 2.75) is 71.3 Å². The van der Waals surface area contributed by atoms with Crippen LogP contribution in [-0.2, 0) is 0 Å². The molecule has 0 spiro atoms. The SMILES string of the molecule is CCCCC(CC)CC(O)(CN)CCC. The Labute approximate surface area is 95.3 Å². The zero-order valence-corrected chi connectivity index (χ0v) is 10.8. The molecule has 0 aromatic carbocycles. The first-order valence-electron chi connectivity index (χ1n) is 6.54. The van der Waals surface area contributed by atoms with E-state index >= 15 is 0 Å². The zero-order valence-electron chi connectivity index (χ0n) is 10.8. The van der Waals surface area contributed by atoms with E-state index in [-0.39, 0.29) is 0 Å². The molecule has 0 aromatic rings. The lowest BCUT2D eigenvalue weighted by molar-refractivity contribution is 0.0128. The van der Waals surface area contributed by atoms with Crippen molar-refractivity contribution in [3.05, 3.63) is 0 Å². The van der Waals surface area contributed by atoms with Gasteiger partial charge in [-0.25, -0.2) is 0 Å². The maximum Gasteiger partial charge on any atom is 0.0772 e. The standard InChI is InChI=1S/C13H29NO/c1-4-7-8-12(6-3)10-13(15,11-14)9-5-2/h12,15H,4-11,14H2,1-3H3. The van der Waals surface area contributed by atoms with E-state index in [0.717, 1.165) is 25.7 Å². The van der Waals surface area contributed by atoms with Crippen LogP contribution in [0.1, 0.15) is 65.7 Å². The highest BCUT2D eigenvalue weighted by Gasteiger charge is 2.27. The fraction of sp³-hybridized carbons (Fsp3) is 1.00. The van der Waals surface area contributed by atoms with E-state index in [0.29, 0.717) is 12.5 Å². The molecule has 2 heteroatoms. The van der Waals surface area contributed by atoms with Gasteiger partial charge in [-0.15, -0.1) is 0 Å². The molecule has 0 saturated carbocycles. The molecule has 0 aliphatic carbocycles. The van der Waals surface area contributed by atoms with Crippen LogP contribution in [0.25, 0.3) is 0 Å². The van der Waals surface area contributed by atoms with E-state index in [1.807, 2.05) is 0 Å². The maximum absolute atomic E-state index is 10.3. The second-order valence-electron chi connectivity index (χ2n) is 4.80. The van der Waals surface area contributed by atoms with Gasteiger partial charge in [0.1, 0.15) is 0 Å². The molecule has 0 aliphatic heterocycles. The summed E-state index contributed by atoms with van der Waals surface area (Å²) in [5.41, 5.74) is 5.07. The van der Waals surface area contributed by atoms with E-state index in [4.69, 9.17) is 5.73 Å². The number of rotatable bonds is 9. The molecular weight excluding hydrogens is 186 g/mol. The highest BCUT2D eigenvalue weighted by Crippen LogP contribution is 2.26. The molecule has 2 unspecified atom stereocenters. The van der Waals surface area contributed by atoms with Gasteiger partial charge in [0.25, 0.3) is 0 Å². The molecule has 0 radical (unpaired) electrons. The Morgan fingerprint density at radius 3 is 2.27 bits per heavy atom. The number of nitrogens with two attached hydrogens (primary N) is 1. The Bertz CT molecular complexity index is 149. The fourth-order valence-electron chi connectivity index (χ4n) is 2.23. The average Bonchev–Trinajstić information content (AvgIpc) is 2.24. The summed E-state index contributed by atoms with van der Waals surface area (Å²) in [5, 5.41) is 10.3. The van der Waals surface area contributed by atoms with E-state index in [1.54, 1.807) is 0 Å². The van der Waals surface area contributed by atoms with E-state index in [2.05, 4.69) is 20.8 Å². The quantitative estimate of drug-likeness (QED) is 0.621. The van der Waals surface area contributed by atoms with Gasteiger partial charge in [-0.05, 0) is 18.8 Å². The minimum absolute atomic E-state index is 0.406. The van der Waals surface area contributed by atoms with Crippen LogP contribution < -0.4 is 5.73 Å². The number of aliphatic hydroxyl groups is 1. The second kappa shape index (κ2) is 8.12. The van der Waals surface area contributed by atoms with Crippen LogP contribution in [0.2, 0.25) is 0 Å². The van der Waals surface area contributed by atoms with Crippen molar-refractivity contribution in [2.75, 3.05) is 6.54 Å². The monoisotopic (exact) mass is 215 g/mol. The van der Waals surface area contributed by atoms with Crippen molar-refractivity contribution in [2.24, 2.45) is 11.7 Å². The van der Waals surface area contributed by atoms with Crippen molar-refractivity contribution < 1.29 is 5.11 Å². The first-order valence-corrected chi connectivity index (χ1v) is 6.54. The van der Waals surface area contributed by atoms with Crippen LogP contribution in [0.3, 0.4) is 0 Å². The summed E-state index contributed by atoms with van der Waals surface area (Å²) in [6.07, 6.45) is 7.64. The van der Waals surface area contributed by atoms with Crippen molar-refractivity contribution in [3.63, 3.8) is 0 Å². The van der Waals surface area contributed by atoms with Gasteiger partial charge in [0.05, 0.1) is 5.60 Å². The molecule has 0 aromatic heterocycles. The zero-order chi connectivity index (χ0) is 11.7. The molecule has 3 N–H and O–H groups in total. The van der Waals surface area contributed by atoms with Crippen LogP contribution >= 0.6 is 0 Å². The minimum atomic E-state index is -0.608. The van der Waals surface area contributed by atoms with Gasteiger partial charge < -0.3 is 10.8 Å². The van der Waals surface area contributed by atoms with Gasteiger partial charge in [0.2, 0.25) is 0 Å². The van der Waals surface area contributed by atoms with Crippen molar-refractivity contribution in [1.29, 1.82) is 0 Å². The summed E-state index contributed by atoms with van der Waals surface area (Å²) in [4.78, 5) is 0. The summed E-state index contributed by atoms with van der Waals surface area (Å²) >= 11 is 0. The van der Waals surface area contributed by atoms with E-state index in [1.165, 1.54) is 19.3 Å². The minimum Gasteiger partial charge on any atom is -0.389 e. The van der Waals surface area contributed by atoms with E-state index in [9.17, 15) is 5.11 Å². The predicted octanol–water partition coefficient (Wildman–Crippen LogP) is 3.08. The van der Waals surface area contributed by atoms with Crippen LogP contribution in [0.15, 0.2) is 0 Å². The Morgan fingerprint density at radius 1 is 1.20 bits per heavy atom. The smallest absolute Gasteiger partial charge is 0.0772 e. The van der Waals surface area contributed by atoms with E-state index < -0.39 is 5.60 Å². The third kappa shape index (κ3) is 6.16. The highest BCUT2D eigenvalue weighted by molar-refractivity contribution is 4.81. The second-order valence-corrected chi connectivity index (χ2v) is 4.80. The third-order valence-corrected chi connectivity index (χ3v) is 3.31. The molecule has 0 bridgehead atoms. The molecule has 0 saturated heterocycles. The number of hydrogen-bond donors (Lipinski definition) is 2. The molecule has 0 amide bonds.